The van der Waals surface area contributed by atoms with Crippen molar-refractivity contribution in [2.24, 2.45) is 0 Å². The second-order valence-corrected chi connectivity index (χ2v) is 17.0. The van der Waals surface area contributed by atoms with Crippen LogP contribution < -0.4 is 4.90 Å². The van der Waals surface area contributed by atoms with Gasteiger partial charge < -0.3 is 13.9 Å². The van der Waals surface area contributed by atoms with Crippen LogP contribution in [0.2, 0.25) is 0 Å². The van der Waals surface area contributed by atoms with Crippen molar-refractivity contribution in [1.29, 1.82) is 0 Å². The van der Waals surface area contributed by atoms with Crippen LogP contribution in [0.15, 0.2) is 235 Å². The fourth-order valence-electron chi connectivity index (χ4n) is 10.0. The van der Waals surface area contributed by atoms with Crippen molar-refractivity contribution in [3.63, 3.8) is 0 Å². The molecule has 0 amide bonds. The van der Waals surface area contributed by atoms with Crippen LogP contribution in [0.3, 0.4) is 0 Å². The first kappa shape index (κ1) is 38.3. The molecular weight excluding hydrogens is 789 g/mol. The summed E-state index contributed by atoms with van der Waals surface area (Å²) in [6, 6.07) is 83.1. The van der Waals surface area contributed by atoms with Gasteiger partial charge in [0, 0.05) is 38.7 Å². The van der Waals surface area contributed by atoms with Crippen molar-refractivity contribution >= 4 is 60.8 Å². The van der Waals surface area contributed by atoms with E-state index in [1.807, 2.05) is 0 Å². The molecule has 0 saturated heterocycles. The Morgan fingerprint density at radius 2 is 0.877 bits per heavy atom. The molecule has 0 radical (unpaired) electrons. The predicted molar refractivity (Wildman–Crippen MR) is 274 cm³/mol. The van der Waals surface area contributed by atoms with E-state index in [0.29, 0.717) is 0 Å². The first-order valence-electron chi connectivity index (χ1n) is 22.3. The molecule has 2 aromatic heterocycles. The van der Waals surface area contributed by atoms with Gasteiger partial charge in [-0.25, -0.2) is 0 Å². The molecule has 0 spiro atoms. The summed E-state index contributed by atoms with van der Waals surface area (Å²) >= 11 is 0. The summed E-state index contributed by atoms with van der Waals surface area (Å²) in [6.45, 7) is 4.50. The monoisotopic (exact) mass is 832 g/mol. The Kier molecular flexibility index (Phi) is 9.28. The van der Waals surface area contributed by atoms with E-state index in [2.05, 4.69) is 254 Å². The molecule has 0 saturated carbocycles. The Hall–Kier alpha value is -8.40. The maximum absolute atomic E-state index is 7.02. The van der Waals surface area contributed by atoms with E-state index >= 15 is 0 Å². The predicted octanol–water partition coefficient (Wildman–Crippen LogP) is 17.4. The Balaban J connectivity index is 1.09. The zero-order valence-corrected chi connectivity index (χ0v) is 36.2. The number of rotatable bonds is 8. The SMILES string of the molecule is Cc1cc(-c2ccccc2)ccc1N(c1c(C)cc(-c2ccccc2)cc1-c1ccccc1)c1ccc(-c2ccc(-n3c4ccccc4c4ccccc43)cc2)c2oc3ccccc3c12. The molecule has 0 aliphatic carbocycles. The molecule has 0 atom stereocenters. The minimum absolute atomic E-state index is 0.855. The summed E-state index contributed by atoms with van der Waals surface area (Å²) < 4.78 is 9.38. The standard InChI is InChI=1S/C62H44N2O/c1-41-38-47(43-18-6-3-7-19-43)32-36-55(41)64(61-42(2)39-48(44-20-8-4-9-21-44)40-54(61)45-22-10-5-11-23-45)58-37-35-50(62-60(58)53-26-14-17-29-59(53)65-62)46-30-33-49(34-31-46)63-56-27-15-12-24-51(56)52-25-13-16-28-57(52)63/h3-40H,1-2H3. The Morgan fingerprint density at radius 1 is 0.369 bits per heavy atom. The van der Waals surface area contributed by atoms with E-state index in [1.54, 1.807) is 0 Å². The highest BCUT2D eigenvalue weighted by Crippen LogP contribution is 2.51. The topological polar surface area (TPSA) is 21.3 Å². The molecule has 0 aliphatic rings. The smallest absolute Gasteiger partial charge is 0.145 e. The number of hydrogen-bond donors (Lipinski definition) is 0. The van der Waals surface area contributed by atoms with E-state index in [1.165, 1.54) is 55.2 Å². The van der Waals surface area contributed by atoms with Crippen LogP contribution in [-0.2, 0) is 0 Å². The number of aromatic nitrogens is 1. The van der Waals surface area contributed by atoms with Gasteiger partial charge in [-0.1, -0.05) is 164 Å². The van der Waals surface area contributed by atoms with Gasteiger partial charge in [-0.15, -0.1) is 0 Å². The molecule has 0 unspecified atom stereocenters. The molecule has 0 aliphatic heterocycles. The average molecular weight is 833 g/mol. The lowest BCUT2D eigenvalue weighted by atomic mass is 9.92. The van der Waals surface area contributed by atoms with Gasteiger partial charge in [-0.2, -0.15) is 0 Å². The highest BCUT2D eigenvalue weighted by Gasteiger charge is 2.27. The molecule has 0 N–H and O–H groups in total. The van der Waals surface area contributed by atoms with Crippen LogP contribution in [0.25, 0.3) is 93.9 Å². The van der Waals surface area contributed by atoms with Gasteiger partial charge in [0.25, 0.3) is 0 Å². The summed E-state index contributed by atoms with van der Waals surface area (Å²) in [5, 5.41) is 4.65. The zero-order valence-electron chi connectivity index (χ0n) is 36.2. The minimum Gasteiger partial charge on any atom is -0.455 e. The summed E-state index contributed by atoms with van der Waals surface area (Å²) in [7, 11) is 0. The summed E-state index contributed by atoms with van der Waals surface area (Å²) in [5.74, 6) is 0. The number of benzene rings is 10. The lowest BCUT2D eigenvalue weighted by molar-refractivity contribution is 0.670. The fourth-order valence-corrected chi connectivity index (χ4v) is 10.0. The molecule has 10 aromatic carbocycles. The molecule has 0 bridgehead atoms. The van der Waals surface area contributed by atoms with Crippen LogP contribution in [0.5, 0.6) is 0 Å². The van der Waals surface area contributed by atoms with Gasteiger partial charge in [0.15, 0.2) is 0 Å². The number of furan rings is 1. The third-order valence-corrected chi connectivity index (χ3v) is 13.0. The van der Waals surface area contributed by atoms with Crippen LogP contribution in [-0.4, -0.2) is 4.57 Å². The van der Waals surface area contributed by atoms with E-state index in [9.17, 15) is 0 Å². The number of nitrogens with zero attached hydrogens (tertiary/aromatic N) is 2. The lowest BCUT2D eigenvalue weighted by Crippen LogP contribution is -2.15. The number of fused-ring (bicyclic) bond motifs is 6. The Labute approximate surface area is 378 Å². The van der Waals surface area contributed by atoms with Gasteiger partial charge in [0.1, 0.15) is 11.2 Å². The molecule has 0 fully saturated rings. The minimum atomic E-state index is 0.855. The van der Waals surface area contributed by atoms with Crippen molar-refractivity contribution in [1.82, 2.24) is 4.57 Å². The number of aryl methyl sites for hydroxylation is 2. The largest absolute Gasteiger partial charge is 0.455 e. The van der Waals surface area contributed by atoms with E-state index in [0.717, 1.165) is 66.9 Å². The van der Waals surface area contributed by atoms with Crippen molar-refractivity contribution in [2.45, 2.75) is 13.8 Å². The molecule has 2 heterocycles. The van der Waals surface area contributed by atoms with Crippen LogP contribution >= 0.6 is 0 Å². The number of hydrogen-bond acceptors (Lipinski definition) is 2. The Morgan fingerprint density at radius 3 is 1.52 bits per heavy atom. The van der Waals surface area contributed by atoms with Crippen LogP contribution in [0.4, 0.5) is 17.1 Å². The molecule has 12 rings (SSSR count). The van der Waals surface area contributed by atoms with Crippen molar-refractivity contribution in [3.8, 4) is 50.2 Å². The second kappa shape index (κ2) is 15.7. The van der Waals surface area contributed by atoms with Crippen LogP contribution in [0.1, 0.15) is 11.1 Å². The van der Waals surface area contributed by atoms with Gasteiger partial charge in [-0.3, -0.25) is 0 Å². The van der Waals surface area contributed by atoms with Crippen molar-refractivity contribution < 1.29 is 4.42 Å². The number of para-hydroxylation sites is 3. The van der Waals surface area contributed by atoms with Crippen molar-refractivity contribution in [2.75, 3.05) is 4.90 Å². The summed E-state index contributed by atoms with van der Waals surface area (Å²) in [4.78, 5) is 2.50. The highest BCUT2D eigenvalue weighted by atomic mass is 16.3. The molecule has 3 heteroatoms. The third kappa shape index (κ3) is 6.51. The summed E-state index contributed by atoms with van der Waals surface area (Å²) in [6.07, 6.45) is 0. The van der Waals surface area contributed by atoms with Gasteiger partial charge in [0.05, 0.1) is 27.8 Å². The molecule has 12 aromatic rings. The van der Waals surface area contributed by atoms with Gasteiger partial charge in [-0.05, 0) is 125 Å². The molecule has 308 valence electrons. The van der Waals surface area contributed by atoms with Gasteiger partial charge in [0.2, 0.25) is 0 Å². The quantitative estimate of drug-likeness (QED) is 0.152. The summed E-state index contributed by atoms with van der Waals surface area (Å²) in [5.41, 5.74) is 20.0. The first-order chi connectivity index (χ1) is 32.1. The molecule has 65 heavy (non-hydrogen) atoms. The Bertz CT molecular complexity index is 3660. The second-order valence-electron chi connectivity index (χ2n) is 17.0. The maximum atomic E-state index is 7.02. The van der Waals surface area contributed by atoms with E-state index in [4.69, 9.17) is 4.42 Å². The van der Waals surface area contributed by atoms with Gasteiger partial charge >= 0.3 is 0 Å². The third-order valence-electron chi connectivity index (χ3n) is 13.0. The van der Waals surface area contributed by atoms with E-state index in [-0.39, 0.29) is 0 Å². The van der Waals surface area contributed by atoms with Crippen LogP contribution in [0, 0.1) is 13.8 Å². The highest BCUT2D eigenvalue weighted by molar-refractivity contribution is 6.18. The molecule has 3 nitrogen and oxygen atoms in total. The zero-order chi connectivity index (χ0) is 43.4. The van der Waals surface area contributed by atoms with Crippen molar-refractivity contribution in [3.05, 3.63) is 242 Å². The molecular formula is C62H44N2O. The number of anilines is 3. The van der Waals surface area contributed by atoms with E-state index < -0.39 is 0 Å². The maximum Gasteiger partial charge on any atom is 0.145 e. The lowest BCUT2D eigenvalue weighted by Gasteiger charge is -2.32. The average Bonchev–Trinajstić information content (AvgIpc) is 3.92. The fraction of sp³-hybridized carbons (Fsp3) is 0.0323. The first-order valence-corrected chi connectivity index (χ1v) is 22.3. The normalized spacial score (nSPS) is 11.5.